The first-order valence-corrected chi connectivity index (χ1v) is 8.67. The first kappa shape index (κ1) is 23.5. The van der Waals surface area contributed by atoms with Crippen LogP contribution < -0.4 is 0 Å². The van der Waals surface area contributed by atoms with Crippen molar-refractivity contribution in [1.29, 1.82) is 0 Å². The van der Waals surface area contributed by atoms with Gasteiger partial charge in [0.25, 0.3) is 0 Å². The SMILES string of the molecule is Cc1c(CC(C)O)ccc(F)c1F.Cc1c(C[C@H](C)N=[N+]=[N-])ccc(F)c1F. The molecule has 0 heterocycles. The minimum atomic E-state index is -0.854. The monoisotopic (exact) mass is 397 g/mol. The van der Waals surface area contributed by atoms with Crippen molar-refractivity contribution in [3.05, 3.63) is 80.2 Å². The standard InChI is InChI=1S/C10H11F2N3.C10H12F2O/c1-6(14-15-13)5-8-3-4-9(11)10(12)7(8)2;1-6(13)5-8-3-4-9(11)10(12)7(8)2/h3-4,6H,5H2,1-2H3;3-4,6,13H,5H2,1-2H3/t6-;/m0./s1. The molecular weight excluding hydrogens is 374 g/mol. The zero-order valence-electron chi connectivity index (χ0n) is 16.2. The average Bonchev–Trinajstić information content (AvgIpc) is 2.63. The van der Waals surface area contributed by atoms with E-state index in [2.05, 4.69) is 10.0 Å². The van der Waals surface area contributed by atoms with Crippen LogP contribution in [0.5, 0.6) is 0 Å². The first-order valence-electron chi connectivity index (χ1n) is 8.67. The van der Waals surface area contributed by atoms with Gasteiger partial charge in [0.15, 0.2) is 23.3 Å². The molecule has 8 heteroatoms. The third-order valence-electron chi connectivity index (χ3n) is 4.18. The summed E-state index contributed by atoms with van der Waals surface area (Å²) in [5.74, 6) is -3.35. The minimum absolute atomic E-state index is 0.265. The van der Waals surface area contributed by atoms with Crippen LogP contribution in [0.15, 0.2) is 29.4 Å². The first-order chi connectivity index (χ1) is 13.1. The molecule has 1 N–H and O–H groups in total. The van der Waals surface area contributed by atoms with Crippen LogP contribution in [0.1, 0.15) is 36.1 Å². The van der Waals surface area contributed by atoms with Crippen molar-refractivity contribution < 1.29 is 22.7 Å². The van der Waals surface area contributed by atoms with Crippen molar-refractivity contribution >= 4 is 0 Å². The molecule has 0 aliphatic rings. The maximum absolute atomic E-state index is 13.1. The van der Waals surface area contributed by atoms with E-state index in [1.807, 2.05) is 0 Å². The Morgan fingerprint density at radius 2 is 1.32 bits per heavy atom. The maximum atomic E-state index is 13.1. The number of aliphatic hydroxyl groups is 1. The Balaban J connectivity index is 0.000000283. The highest BCUT2D eigenvalue weighted by atomic mass is 19.2. The van der Waals surface area contributed by atoms with Crippen molar-refractivity contribution in [2.75, 3.05) is 0 Å². The van der Waals surface area contributed by atoms with Crippen LogP contribution in [0, 0.1) is 37.1 Å². The van der Waals surface area contributed by atoms with Crippen LogP contribution >= 0.6 is 0 Å². The summed E-state index contributed by atoms with van der Waals surface area (Å²) < 4.78 is 51.6. The molecule has 0 aromatic heterocycles. The normalized spacial score (nSPS) is 12.5. The Hall–Kier alpha value is -2.57. The number of hydrogen-bond donors (Lipinski definition) is 1. The summed E-state index contributed by atoms with van der Waals surface area (Å²) in [6, 6.07) is 4.91. The van der Waals surface area contributed by atoms with Crippen molar-refractivity contribution in [3.8, 4) is 0 Å². The predicted molar refractivity (Wildman–Crippen MR) is 99.9 cm³/mol. The van der Waals surface area contributed by atoms with Crippen LogP contribution in [0.2, 0.25) is 0 Å². The molecule has 1 unspecified atom stereocenters. The summed E-state index contributed by atoms with van der Waals surface area (Å²) in [4.78, 5) is 2.66. The van der Waals surface area contributed by atoms with Gasteiger partial charge in [-0.3, -0.25) is 0 Å². The number of rotatable bonds is 5. The van der Waals surface area contributed by atoms with Gasteiger partial charge in [0, 0.05) is 11.0 Å². The second-order valence-corrected chi connectivity index (χ2v) is 6.60. The van der Waals surface area contributed by atoms with Gasteiger partial charge in [-0.25, -0.2) is 17.6 Å². The lowest BCUT2D eigenvalue weighted by atomic mass is 10.0. The number of azide groups is 1. The third kappa shape index (κ3) is 6.55. The smallest absolute Gasteiger partial charge is 0.161 e. The fourth-order valence-corrected chi connectivity index (χ4v) is 2.59. The van der Waals surface area contributed by atoms with E-state index < -0.39 is 29.4 Å². The molecule has 0 bridgehead atoms. The molecule has 2 aromatic carbocycles. The molecule has 0 aliphatic carbocycles. The van der Waals surface area contributed by atoms with Gasteiger partial charge >= 0.3 is 0 Å². The molecule has 0 amide bonds. The van der Waals surface area contributed by atoms with E-state index in [0.717, 1.165) is 12.1 Å². The lowest BCUT2D eigenvalue weighted by Crippen LogP contribution is -2.07. The summed E-state index contributed by atoms with van der Waals surface area (Å²) >= 11 is 0. The molecule has 0 radical (unpaired) electrons. The number of aliphatic hydroxyl groups excluding tert-OH is 1. The largest absolute Gasteiger partial charge is 0.393 e. The number of benzene rings is 2. The van der Waals surface area contributed by atoms with Gasteiger partial charge in [-0.2, -0.15) is 0 Å². The Morgan fingerprint density at radius 1 is 0.893 bits per heavy atom. The zero-order chi connectivity index (χ0) is 21.4. The second kappa shape index (κ2) is 10.7. The van der Waals surface area contributed by atoms with Gasteiger partial charge in [0.2, 0.25) is 0 Å². The molecular formula is C20H23F4N3O. The molecule has 28 heavy (non-hydrogen) atoms. The van der Waals surface area contributed by atoms with Crippen LogP contribution in [-0.2, 0) is 12.8 Å². The van der Waals surface area contributed by atoms with E-state index in [9.17, 15) is 17.6 Å². The lowest BCUT2D eigenvalue weighted by Gasteiger charge is -2.09. The van der Waals surface area contributed by atoms with Crippen LogP contribution in [-0.4, -0.2) is 17.3 Å². The van der Waals surface area contributed by atoms with Gasteiger partial charge in [-0.15, -0.1) is 0 Å². The van der Waals surface area contributed by atoms with Crippen molar-refractivity contribution in [1.82, 2.24) is 0 Å². The van der Waals surface area contributed by atoms with Crippen molar-refractivity contribution in [2.45, 2.75) is 52.7 Å². The Labute approximate surface area is 161 Å². The van der Waals surface area contributed by atoms with Crippen LogP contribution in [0.4, 0.5) is 17.6 Å². The fourth-order valence-electron chi connectivity index (χ4n) is 2.59. The van der Waals surface area contributed by atoms with Crippen LogP contribution in [0.3, 0.4) is 0 Å². The topological polar surface area (TPSA) is 69.0 Å². The van der Waals surface area contributed by atoms with Crippen molar-refractivity contribution in [2.24, 2.45) is 5.11 Å². The van der Waals surface area contributed by atoms with E-state index in [4.69, 9.17) is 10.6 Å². The van der Waals surface area contributed by atoms with Crippen LogP contribution in [0.25, 0.3) is 10.4 Å². The molecule has 0 fully saturated rings. The van der Waals surface area contributed by atoms with Gasteiger partial charge < -0.3 is 5.11 Å². The van der Waals surface area contributed by atoms with Gasteiger partial charge in [0.05, 0.1) is 6.10 Å². The van der Waals surface area contributed by atoms with E-state index in [1.165, 1.54) is 26.0 Å². The molecule has 2 aromatic rings. The third-order valence-corrected chi connectivity index (χ3v) is 4.18. The molecule has 152 valence electrons. The summed E-state index contributed by atoms with van der Waals surface area (Å²) in [5.41, 5.74) is 10.1. The highest BCUT2D eigenvalue weighted by molar-refractivity contribution is 5.29. The summed E-state index contributed by atoms with van der Waals surface area (Å²) in [6.07, 6.45) is 0.222. The second-order valence-electron chi connectivity index (χ2n) is 6.60. The Morgan fingerprint density at radius 3 is 1.71 bits per heavy atom. The summed E-state index contributed by atoms with van der Waals surface area (Å²) in [5, 5.41) is 12.6. The highest BCUT2D eigenvalue weighted by Gasteiger charge is 2.11. The molecule has 4 nitrogen and oxygen atoms in total. The van der Waals surface area contributed by atoms with Gasteiger partial charge in [-0.1, -0.05) is 24.2 Å². The zero-order valence-corrected chi connectivity index (χ0v) is 16.2. The van der Waals surface area contributed by atoms with E-state index >= 15 is 0 Å². The lowest BCUT2D eigenvalue weighted by molar-refractivity contribution is 0.195. The Bertz CT molecular complexity index is 865. The van der Waals surface area contributed by atoms with E-state index in [-0.39, 0.29) is 17.2 Å². The minimum Gasteiger partial charge on any atom is -0.393 e. The summed E-state index contributed by atoms with van der Waals surface area (Å²) in [6.45, 7) is 6.35. The quantitative estimate of drug-likeness (QED) is 0.298. The highest BCUT2D eigenvalue weighted by Crippen LogP contribution is 2.18. The number of hydrogen-bond acceptors (Lipinski definition) is 2. The molecule has 0 aliphatic heterocycles. The van der Waals surface area contributed by atoms with E-state index in [0.29, 0.717) is 24.0 Å². The fraction of sp³-hybridized carbons (Fsp3) is 0.400. The molecule has 2 rings (SSSR count). The molecule has 2 atom stereocenters. The maximum Gasteiger partial charge on any atom is 0.161 e. The molecule has 0 spiro atoms. The van der Waals surface area contributed by atoms with Gasteiger partial charge in [0.1, 0.15) is 0 Å². The summed E-state index contributed by atoms with van der Waals surface area (Å²) in [7, 11) is 0. The van der Waals surface area contributed by atoms with E-state index in [1.54, 1.807) is 13.8 Å². The Kier molecular flexibility index (Phi) is 8.96. The van der Waals surface area contributed by atoms with Crippen molar-refractivity contribution in [3.63, 3.8) is 0 Å². The number of halogens is 4. The van der Waals surface area contributed by atoms with Gasteiger partial charge in [-0.05, 0) is 73.5 Å². The molecule has 0 saturated carbocycles. The molecule has 0 saturated heterocycles. The predicted octanol–water partition coefficient (Wildman–Crippen LogP) is 5.71. The average molecular weight is 397 g/mol. The number of nitrogens with zero attached hydrogens (tertiary/aromatic N) is 3.